The predicted molar refractivity (Wildman–Crippen MR) is 121 cm³/mol. The molecule has 1 aromatic carbocycles. The van der Waals surface area contributed by atoms with Crippen LogP contribution < -0.4 is 10.2 Å². The minimum absolute atomic E-state index is 0.132. The van der Waals surface area contributed by atoms with Gasteiger partial charge in [0.2, 0.25) is 0 Å². The Labute approximate surface area is 177 Å². The molecular weight excluding hydrogens is 374 g/mol. The number of anilines is 1. The topological polar surface area (TPSA) is 64.3 Å². The van der Waals surface area contributed by atoms with Gasteiger partial charge in [-0.25, -0.2) is 9.78 Å². The summed E-state index contributed by atoms with van der Waals surface area (Å²) in [7, 11) is 0. The van der Waals surface area contributed by atoms with E-state index in [1.54, 1.807) is 0 Å². The quantitative estimate of drug-likeness (QED) is 0.653. The van der Waals surface area contributed by atoms with Gasteiger partial charge in [0.25, 0.3) is 0 Å². The van der Waals surface area contributed by atoms with Crippen molar-refractivity contribution in [2.24, 2.45) is 5.92 Å². The Kier molecular flexibility index (Phi) is 5.17. The van der Waals surface area contributed by atoms with Crippen LogP contribution in [0.5, 0.6) is 0 Å². The lowest BCUT2D eigenvalue weighted by Gasteiger charge is -2.37. The first kappa shape index (κ1) is 19.1. The number of aryl methyl sites for hydroxylation is 1. The van der Waals surface area contributed by atoms with Crippen molar-refractivity contribution in [1.82, 2.24) is 20.2 Å². The zero-order chi connectivity index (χ0) is 20.5. The maximum absolute atomic E-state index is 13.1. The van der Waals surface area contributed by atoms with Crippen LogP contribution in [0.2, 0.25) is 0 Å². The van der Waals surface area contributed by atoms with Gasteiger partial charge in [0.05, 0.1) is 16.7 Å². The zero-order valence-corrected chi connectivity index (χ0v) is 17.5. The number of hydrogen-bond acceptors (Lipinski definition) is 3. The molecule has 0 unspecified atom stereocenters. The van der Waals surface area contributed by atoms with Crippen LogP contribution in [0.1, 0.15) is 25.3 Å². The lowest BCUT2D eigenvalue weighted by atomic mass is 9.99. The minimum Gasteiger partial charge on any atom is -0.360 e. The summed E-state index contributed by atoms with van der Waals surface area (Å²) < 4.78 is 0. The summed E-state index contributed by atoms with van der Waals surface area (Å²) in [5, 5.41) is 3.31. The van der Waals surface area contributed by atoms with E-state index in [9.17, 15) is 4.79 Å². The number of nitrogens with zero attached hydrogens (tertiary/aromatic N) is 3. The maximum atomic E-state index is 13.1. The molecule has 156 valence electrons. The molecule has 2 aliphatic heterocycles. The second-order valence-corrected chi connectivity index (χ2v) is 8.40. The molecule has 30 heavy (non-hydrogen) atoms. The molecule has 2 aliphatic rings. The summed E-state index contributed by atoms with van der Waals surface area (Å²) in [6, 6.07) is 12.5. The Bertz CT molecular complexity index is 1050. The number of carbonyl (C=O) groups excluding carboxylic acids is 1. The van der Waals surface area contributed by atoms with Gasteiger partial charge < -0.3 is 15.2 Å². The largest absolute Gasteiger partial charge is 0.360 e. The molecule has 0 spiro atoms. The number of aromatic nitrogens is 2. The number of aromatic amines is 1. The number of pyridine rings is 1. The van der Waals surface area contributed by atoms with E-state index >= 15 is 0 Å². The first-order valence-corrected chi connectivity index (χ1v) is 11.1. The van der Waals surface area contributed by atoms with Gasteiger partial charge in [0, 0.05) is 37.1 Å². The monoisotopic (exact) mass is 403 g/mol. The average molecular weight is 404 g/mol. The van der Waals surface area contributed by atoms with Crippen LogP contribution in [0.3, 0.4) is 0 Å². The third-order valence-corrected chi connectivity index (χ3v) is 6.42. The standard InChI is InChI=1S/C24H29N5O/c1-2-18-16-26-22-8-7-21(27-23(18)22)19-5-3-6-20(13-19)29-11-4-10-28(24(29)30)12-9-17-14-25-15-17/h3,5-8,13,16-17,25-26H,2,4,9-12,14-15H2,1H3. The molecule has 0 saturated carbocycles. The third kappa shape index (κ3) is 3.56. The summed E-state index contributed by atoms with van der Waals surface area (Å²) >= 11 is 0. The molecular formula is C24H29N5O. The van der Waals surface area contributed by atoms with Crippen molar-refractivity contribution in [1.29, 1.82) is 0 Å². The van der Waals surface area contributed by atoms with E-state index in [4.69, 9.17) is 4.98 Å². The summed E-state index contributed by atoms with van der Waals surface area (Å²) in [6.45, 7) is 6.81. The summed E-state index contributed by atoms with van der Waals surface area (Å²) in [5.74, 6) is 0.721. The lowest BCUT2D eigenvalue weighted by molar-refractivity contribution is 0.185. The first-order chi connectivity index (χ1) is 14.7. The van der Waals surface area contributed by atoms with Gasteiger partial charge in [-0.15, -0.1) is 0 Å². The van der Waals surface area contributed by atoms with E-state index in [0.717, 1.165) is 85.9 Å². The highest BCUT2D eigenvalue weighted by molar-refractivity contribution is 5.93. The van der Waals surface area contributed by atoms with Gasteiger partial charge in [-0.05, 0) is 68.1 Å². The predicted octanol–water partition coefficient (Wildman–Crippen LogP) is 4.03. The van der Waals surface area contributed by atoms with Crippen LogP contribution >= 0.6 is 0 Å². The van der Waals surface area contributed by atoms with Crippen molar-refractivity contribution in [3.05, 3.63) is 48.2 Å². The molecule has 0 atom stereocenters. The van der Waals surface area contributed by atoms with Crippen LogP contribution in [-0.2, 0) is 6.42 Å². The molecule has 2 aromatic heterocycles. The second kappa shape index (κ2) is 8.11. The molecule has 6 nitrogen and oxygen atoms in total. The van der Waals surface area contributed by atoms with Crippen LogP contribution in [0.4, 0.5) is 10.5 Å². The number of H-pyrrole nitrogens is 1. The van der Waals surface area contributed by atoms with E-state index in [0.29, 0.717) is 0 Å². The normalized spacial score (nSPS) is 17.6. The van der Waals surface area contributed by atoms with Crippen molar-refractivity contribution in [2.75, 3.05) is 37.6 Å². The van der Waals surface area contributed by atoms with Gasteiger partial charge in [0.1, 0.15) is 0 Å². The fourth-order valence-corrected chi connectivity index (χ4v) is 4.44. The molecule has 2 saturated heterocycles. The number of benzene rings is 1. The average Bonchev–Trinajstić information content (AvgIpc) is 3.16. The van der Waals surface area contributed by atoms with Crippen molar-refractivity contribution >= 4 is 22.8 Å². The minimum atomic E-state index is 0.132. The molecule has 2 amide bonds. The number of urea groups is 1. The highest BCUT2D eigenvalue weighted by Gasteiger charge is 2.28. The number of nitrogens with one attached hydrogen (secondary N) is 2. The summed E-state index contributed by atoms with van der Waals surface area (Å²) in [4.78, 5) is 25.3. The molecule has 3 aromatic rings. The molecule has 5 rings (SSSR count). The van der Waals surface area contributed by atoms with Crippen LogP contribution in [0.15, 0.2) is 42.6 Å². The summed E-state index contributed by atoms with van der Waals surface area (Å²) in [5.41, 5.74) is 6.27. The highest BCUT2D eigenvalue weighted by atomic mass is 16.2. The first-order valence-electron chi connectivity index (χ1n) is 11.1. The van der Waals surface area contributed by atoms with Crippen LogP contribution in [0.25, 0.3) is 22.3 Å². The van der Waals surface area contributed by atoms with Crippen molar-refractivity contribution < 1.29 is 4.79 Å². The smallest absolute Gasteiger partial charge is 0.324 e. The van der Waals surface area contributed by atoms with Crippen molar-refractivity contribution in [3.63, 3.8) is 0 Å². The second-order valence-electron chi connectivity index (χ2n) is 8.40. The third-order valence-electron chi connectivity index (χ3n) is 6.42. The van der Waals surface area contributed by atoms with Crippen molar-refractivity contribution in [2.45, 2.75) is 26.2 Å². The van der Waals surface area contributed by atoms with Crippen molar-refractivity contribution in [3.8, 4) is 11.3 Å². The van der Waals surface area contributed by atoms with Gasteiger partial charge >= 0.3 is 6.03 Å². The molecule has 0 bridgehead atoms. The molecule has 4 heterocycles. The number of fused-ring (bicyclic) bond motifs is 1. The van der Waals surface area contributed by atoms with Gasteiger partial charge in [-0.2, -0.15) is 0 Å². The Morgan fingerprint density at radius 2 is 2.07 bits per heavy atom. The Balaban J connectivity index is 1.38. The summed E-state index contributed by atoms with van der Waals surface area (Å²) in [6.07, 6.45) is 5.09. The number of carbonyl (C=O) groups is 1. The number of hydrogen-bond donors (Lipinski definition) is 2. The fraction of sp³-hybridized carbons (Fsp3) is 0.417. The zero-order valence-electron chi connectivity index (χ0n) is 17.5. The molecule has 0 radical (unpaired) electrons. The lowest BCUT2D eigenvalue weighted by Crippen LogP contribution is -2.51. The Morgan fingerprint density at radius 1 is 1.17 bits per heavy atom. The highest BCUT2D eigenvalue weighted by Crippen LogP contribution is 2.28. The van der Waals surface area contributed by atoms with E-state index < -0.39 is 0 Å². The van der Waals surface area contributed by atoms with E-state index in [1.807, 2.05) is 34.2 Å². The van der Waals surface area contributed by atoms with Crippen LogP contribution in [0, 0.1) is 5.92 Å². The van der Waals surface area contributed by atoms with Gasteiger partial charge in [0.15, 0.2) is 0 Å². The van der Waals surface area contributed by atoms with Gasteiger partial charge in [-0.1, -0.05) is 19.1 Å². The van der Waals surface area contributed by atoms with E-state index in [1.165, 1.54) is 5.56 Å². The molecule has 2 fully saturated rings. The Hall–Kier alpha value is -2.86. The fourth-order valence-electron chi connectivity index (χ4n) is 4.44. The van der Waals surface area contributed by atoms with E-state index in [-0.39, 0.29) is 6.03 Å². The Morgan fingerprint density at radius 3 is 2.87 bits per heavy atom. The molecule has 6 heteroatoms. The molecule has 2 N–H and O–H groups in total. The number of rotatable bonds is 6. The van der Waals surface area contributed by atoms with E-state index in [2.05, 4.69) is 35.4 Å². The molecule has 0 aliphatic carbocycles. The van der Waals surface area contributed by atoms with Gasteiger partial charge in [-0.3, -0.25) is 4.90 Å². The number of amides is 2. The van der Waals surface area contributed by atoms with Crippen LogP contribution in [-0.4, -0.2) is 53.6 Å². The maximum Gasteiger partial charge on any atom is 0.324 e. The SMILES string of the molecule is CCc1c[nH]c2ccc(-c3cccc(N4CCCN(CCC5CNC5)C4=O)c3)nc12.